The second-order valence-electron chi connectivity index (χ2n) is 4.35. The summed E-state index contributed by atoms with van der Waals surface area (Å²) in [5, 5.41) is 3.33. The van der Waals surface area contributed by atoms with Gasteiger partial charge >= 0.3 is 0 Å². The van der Waals surface area contributed by atoms with Gasteiger partial charge in [-0.05, 0) is 31.4 Å². The number of anilines is 1. The van der Waals surface area contributed by atoms with E-state index < -0.39 is 0 Å². The maximum Gasteiger partial charge on any atom is 0.255 e. The molecule has 4 nitrogen and oxygen atoms in total. The van der Waals surface area contributed by atoms with Crippen LogP contribution in [0.5, 0.6) is 0 Å². The van der Waals surface area contributed by atoms with Crippen LogP contribution in [0.1, 0.15) is 23.7 Å². The van der Waals surface area contributed by atoms with Gasteiger partial charge in [0.25, 0.3) is 5.91 Å². The van der Waals surface area contributed by atoms with Gasteiger partial charge in [-0.1, -0.05) is 11.6 Å². The van der Waals surface area contributed by atoms with E-state index in [4.69, 9.17) is 11.6 Å². The third kappa shape index (κ3) is 4.28. The standard InChI is InChI=1S/C13H20ClN3OS/c1-9(5-6-19-4)17(3)13(18)10-7-11(14)12(15-2)16-8-10/h7-9H,5-6H2,1-4H3,(H,15,16). The molecule has 19 heavy (non-hydrogen) atoms. The van der Waals surface area contributed by atoms with Crippen molar-refractivity contribution in [2.45, 2.75) is 19.4 Å². The van der Waals surface area contributed by atoms with Gasteiger partial charge in [-0.2, -0.15) is 11.8 Å². The van der Waals surface area contributed by atoms with Crippen LogP contribution >= 0.6 is 23.4 Å². The van der Waals surface area contributed by atoms with Gasteiger partial charge in [0.15, 0.2) is 0 Å². The van der Waals surface area contributed by atoms with Crippen molar-refractivity contribution in [3.63, 3.8) is 0 Å². The molecule has 1 heterocycles. The molecule has 1 aromatic rings. The van der Waals surface area contributed by atoms with Crippen LogP contribution in [0.3, 0.4) is 0 Å². The minimum Gasteiger partial charge on any atom is -0.372 e. The Hall–Kier alpha value is -0.940. The number of halogens is 1. The second-order valence-corrected chi connectivity index (χ2v) is 5.74. The molecule has 1 unspecified atom stereocenters. The Morgan fingerprint density at radius 1 is 1.63 bits per heavy atom. The summed E-state index contributed by atoms with van der Waals surface area (Å²) >= 11 is 7.82. The van der Waals surface area contributed by atoms with Crippen molar-refractivity contribution in [3.8, 4) is 0 Å². The average molecular weight is 302 g/mol. The Bertz CT molecular complexity index is 442. The quantitative estimate of drug-likeness (QED) is 0.877. The first-order chi connectivity index (χ1) is 9.01. The maximum atomic E-state index is 12.3. The minimum atomic E-state index is -0.0503. The molecule has 106 valence electrons. The summed E-state index contributed by atoms with van der Waals surface area (Å²) < 4.78 is 0. The minimum absolute atomic E-state index is 0.0503. The molecule has 1 atom stereocenters. The van der Waals surface area contributed by atoms with E-state index in [1.807, 2.05) is 14.0 Å². The summed E-state index contributed by atoms with van der Waals surface area (Å²) in [4.78, 5) is 18.2. The predicted octanol–water partition coefficient (Wildman–Crippen LogP) is 2.99. The number of thioether (sulfide) groups is 1. The van der Waals surface area contributed by atoms with Crippen molar-refractivity contribution in [1.29, 1.82) is 0 Å². The molecule has 0 aromatic carbocycles. The van der Waals surface area contributed by atoms with Crippen molar-refractivity contribution in [2.24, 2.45) is 0 Å². The number of carbonyl (C=O) groups is 1. The van der Waals surface area contributed by atoms with Gasteiger partial charge in [-0.15, -0.1) is 0 Å². The molecular weight excluding hydrogens is 282 g/mol. The Balaban J connectivity index is 2.79. The van der Waals surface area contributed by atoms with E-state index in [-0.39, 0.29) is 11.9 Å². The van der Waals surface area contributed by atoms with Crippen LogP contribution in [0.2, 0.25) is 5.02 Å². The molecule has 0 aliphatic heterocycles. The second kappa shape index (κ2) is 7.60. The van der Waals surface area contributed by atoms with E-state index >= 15 is 0 Å². The van der Waals surface area contributed by atoms with Gasteiger partial charge in [-0.3, -0.25) is 4.79 Å². The molecule has 0 bridgehead atoms. The summed E-state index contributed by atoms with van der Waals surface area (Å²) in [5.41, 5.74) is 0.516. The number of carbonyl (C=O) groups excluding carboxylic acids is 1. The van der Waals surface area contributed by atoms with Crippen LogP contribution in [0.4, 0.5) is 5.82 Å². The first-order valence-electron chi connectivity index (χ1n) is 6.10. The van der Waals surface area contributed by atoms with Gasteiger partial charge in [0.2, 0.25) is 0 Å². The normalized spacial score (nSPS) is 12.1. The Kier molecular flexibility index (Phi) is 6.45. The number of rotatable bonds is 6. The first-order valence-corrected chi connectivity index (χ1v) is 7.87. The molecule has 0 radical (unpaired) electrons. The summed E-state index contributed by atoms with van der Waals surface area (Å²) in [6.07, 6.45) is 4.59. The Morgan fingerprint density at radius 2 is 2.32 bits per heavy atom. The van der Waals surface area contributed by atoms with E-state index in [2.05, 4.69) is 16.6 Å². The number of aromatic nitrogens is 1. The number of hydrogen-bond donors (Lipinski definition) is 1. The average Bonchev–Trinajstić information content (AvgIpc) is 2.42. The lowest BCUT2D eigenvalue weighted by Gasteiger charge is -2.25. The topological polar surface area (TPSA) is 45.2 Å². The lowest BCUT2D eigenvalue weighted by Crippen LogP contribution is -2.35. The highest BCUT2D eigenvalue weighted by molar-refractivity contribution is 7.98. The van der Waals surface area contributed by atoms with Crippen LogP contribution in [0.25, 0.3) is 0 Å². The van der Waals surface area contributed by atoms with E-state index in [1.54, 1.807) is 36.0 Å². The highest BCUT2D eigenvalue weighted by Gasteiger charge is 2.18. The van der Waals surface area contributed by atoms with Crippen molar-refractivity contribution in [1.82, 2.24) is 9.88 Å². The molecule has 1 amide bonds. The number of nitrogens with one attached hydrogen (secondary N) is 1. The lowest BCUT2D eigenvalue weighted by molar-refractivity contribution is 0.0741. The third-order valence-electron chi connectivity index (χ3n) is 3.05. The van der Waals surface area contributed by atoms with Crippen LogP contribution in [-0.2, 0) is 0 Å². The van der Waals surface area contributed by atoms with Crippen LogP contribution in [0.15, 0.2) is 12.3 Å². The lowest BCUT2D eigenvalue weighted by atomic mass is 10.2. The Labute approximate surface area is 123 Å². The number of nitrogens with zero attached hydrogens (tertiary/aromatic N) is 2. The molecule has 0 fully saturated rings. The molecular formula is C13H20ClN3OS. The van der Waals surface area contributed by atoms with Crippen molar-refractivity contribution in [3.05, 3.63) is 22.8 Å². The fourth-order valence-electron chi connectivity index (χ4n) is 1.62. The smallest absolute Gasteiger partial charge is 0.255 e. The maximum absolute atomic E-state index is 12.3. The molecule has 0 spiro atoms. The van der Waals surface area contributed by atoms with Crippen molar-refractivity contribution < 1.29 is 4.79 Å². The zero-order valence-corrected chi connectivity index (χ0v) is 13.3. The van der Waals surface area contributed by atoms with Gasteiger partial charge in [0.05, 0.1) is 10.6 Å². The monoisotopic (exact) mass is 301 g/mol. The predicted molar refractivity (Wildman–Crippen MR) is 83.3 cm³/mol. The highest BCUT2D eigenvalue weighted by atomic mass is 35.5. The van der Waals surface area contributed by atoms with E-state index in [0.717, 1.165) is 12.2 Å². The molecule has 0 saturated carbocycles. The SMILES string of the molecule is CNc1ncc(C(=O)N(C)C(C)CCSC)cc1Cl. The summed E-state index contributed by atoms with van der Waals surface area (Å²) in [6, 6.07) is 1.85. The molecule has 0 saturated heterocycles. The fraction of sp³-hybridized carbons (Fsp3) is 0.538. The zero-order valence-electron chi connectivity index (χ0n) is 11.7. The number of amides is 1. The van der Waals surface area contributed by atoms with Gasteiger partial charge in [0, 0.05) is 26.3 Å². The van der Waals surface area contributed by atoms with Crippen LogP contribution in [-0.4, -0.2) is 47.9 Å². The van der Waals surface area contributed by atoms with Crippen LogP contribution < -0.4 is 5.32 Å². The van der Waals surface area contributed by atoms with E-state index in [9.17, 15) is 4.79 Å². The number of hydrogen-bond acceptors (Lipinski definition) is 4. The molecule has 1 aromatic heterocycles. The van der Waals surface area contributed by atoms with Gasteiger partial charge < -0.3 is 10.2 Å². The van der Waals surface area contributed by atoms with Crippen molar-refractivity contribution >= 4 is 35.1 Å². The summed E-state index contributed by atoms with van der Waals surface area (Å²) in [7, 11) is 3.56. The Morgan fingerprint density at radius 3 is 2.84 bits per heavy atom. The zero-order chi connectivity index (χ0) is 14.4. The third-order valence-corrected chi connectivity index (χ3v) is 3.98. The molecule has 1 rings (SSSR count). The largest absolute Gasteiger partial charge is 0.372 e. The highest BCUT2D eigenvalue weighted by Crippen LogP contribution is 2.20. The van der Waals surface area contributed by atoms with E-state index in [0.29, 0.717) is 16.4 Å². The fourth-order valence-corrected chi connectivity index (χ4v) is 2.46. The summed E-state index contributed by atoms with van der Waals surface area (Å²) in [5.74, 6) is 1.57. The molecule has 0 aliphatic carbocycles. The van der Waals surface area contributed by atoms with E-state index in [1.165, 1.54) is 0 Å². The molecule has 6 heteroatoms. The molecule has 1 N–H and O–H groups in total. The van der Waals surface area contributed by atoms with Crippen molar-refractivity contribution in [2.75, 3.05) is 31.4 Å². The first kappa shape index (κ1) is 16.1. The van der Waals surface area contributed by atoms with Gasteiger partial charge in [0.1, 0.15) is 5.82 Å². The molecule has 0 aliphatic rings. The summed E-state index contributed by atoms with van der Waals surface area (Å²) in [6.45, 7) is 2.05. The number of pyridine rings is 1. The van der Waals surface area contributed by atoms with Crippen LogP contribution in [0, 0.1) is 0 Å². The van der Waals surface area contributed by atoms with Gasteiger partial charge in [-0.25, -0.2) is 4.98 Å².